The first-order valence-corrected chi connectivity index (χ1v) is 5.04. The van der Waals surface area contributed by atoms with Gasteiger partial charge in [-0.1, -0.05) is 13.8 Å². The summed E-state index contributed by atoms with van der Waals surface area (Å²) in [7, 11) is 1.93. The molecule has 2 rings (SSSR count). The van der Waals surface area contributed by atoms with Crippen molar-refractivity contribution < 1.29 is 5.11 Å². The fourth-order valence-electron chi connectivity index (χ4n) is 2.59. The van der Waals surface area contributed by atoms with Crippen molar-refractivity contribution in [2.45, 2.75) is 32.6 Å². The van der Waals surface area contributed by atoms with Crippen molar-refractivity contribution in [2.24, 2.45) is 12.5 Å². The number of rotatable bonds is 2. The Kier molecular flexibility index (Phi) is 1.80. The maximum atomic E-state index is 9.54. The Balaban J connectivity index is 2.45. The normalized spacial score (nSPS) is 29.2. The zero-order valence-electron chi connectivity index (χ0n) is 9.33. The minimum atomic E-state index is -0.0364. The van der Waals surface area contributed by atoms with Gasteiger partial charge in [0.2, 0.25) is 0 Å². The van der Waals surface area contributed by atoms with Crippen LogP contribution >= 0.6 is 0 Å². The van der Waals surface area contributed by atoms with Crippen LogP contribution in [0.2, 0.25) is 0 Å². The first-order valence-electron chi connectivity index (χ1n) is 5.04. The quantitative estimate of drug-likeness (QED) is 0.772. The Morgan fingerprint density at radius 3 is 2.43 bits per heavy atom. The molecule has 0 amide bonds. The molecule has 0 saturated heterocycles. The highest BCUT2D eigenvalue weighted by Gasteiger charge is 2.62. The van der Waals surface area contributed by atoms with Crippen LogP contribution in [-0.4, -0.2) is 21.5 Å². The summed E-state index contributed by atoms with van der Waals surface area (Å²) in [6.07, 6.45) is 3.10. The van der Waals surface area contributed by atoms with Crippen molar-refractivity contribution in [3.8, 4) is 0 Å². The molecule has 78 valence electrons. The van der Waals surface area contributed by atoms with Gasteiger partial charge in [-0.2, -0.15) is 5.10 Å². The third-order valence-electron chi connectivity index (χ3n) is 3.71. The molecule has 14 heavy (non-hydrogen) atoms. The smallest absolute Gasteiger partial charge is 0.0632 e. The lowest BCUT2D eigenvalue weighted by Crippen LogP contribution is -2.19. The molecule has 3 heteroatoms. The van der Waals surface area contributed by atoms with Crippen LogP contribution in [0.5, 0.6) is 0 Å². The standard InChI is InChI=1S/C11H18N2O/c1-8-9(5-13(4)12-8)11(7-14)6-10(11,2)3/h5,14H,6-7H2,1-4H3. The minimum Gasteiger partial charge on any atom is -0.395 e. The predicted molar refractivity (Wildman–Crippen MR) is 55.1 cm³/mol. The average Bonchev–Trinajstić information content (AvgIpc) is 2.48. The second kappa shape index (κ2) is 2.60. The lowest BCUT2D eigenvalue weighted by Gasteiger charge is -2.16. The first kappa shape index (κ1) is 9.71. The molecule has 1 aromatic heterocycles. The summed E-state index contributed by atoms with van der Waals surface area (Å²) in [6, 6.07) is 0. The van der Waals surface area contributed by atoms with Crippen LogP contribution in [0.15, 0.2) is 6.20 Å². The monoisotopic (exact) mass is 194 g/mol. The van der Waals surface area contributed by atoms with Crippen molar-refractivity contribution in [1.29, 1.82) is 0 Å². The van der Waals surface area contributed by atoms with Gasteiger partial charge in [0.1, 0.15) is 0 Å². The highest BCUT2D eigenvalue weighted by Crippen LogP contribution is 2.64. The number of aliphatic hydroxyl groups is 1. The Hall–Kier alpha value is -0.830. The molecule has 1 atom stereocenters. The minimum absolute atomic E-state index is 0.0364. The third-order valence-corrected chi connectivity index (χ3v) is 3.71. The van der Waals surface area contributed by atoms with E-state index in [1.54, 1.807) is 0 Å². The molecular formula is C11H18N2O. The molecule has 0 aliphatic heterocycles. The number of aromatic nitrogens is 2. The number of hydrogen-bond acceptors (Lipinski definition) is 2. The molecule has 1 aliphatic carbocycles. The highest BCUT2D eigenvalue weighted by atomic mass is 16.3. The molecule has 1 heterocycles. The Bertz CT molecular complexity index is 367. The molecular weight excluding hydrogens is 176 g/mol. The van der Waals surface area contributed by atoms with Crippen molar-refractivity contribution in [2.75, 3.05) is 6.61 Å². The topological polar surface area (TPSA) is 38.0 Å². The first-order chi connectivity index (χ1) is 6.43. The zero-order chi connectivity index (χ0) is 10.6. The van der Waals surface area contributed by atoms with Crippen LogP contribution in [-0.2, 0) is 12.5 Å². The van der Waals surface area contributed by atoms with Gasteiger partial charge in [-0.25, -0.2) is 0 Å². The summed E-state index contributed by atoms with van der Waals surface area (Å²) >= 11 is 0. The van der Waals surface area contributed by atoms with Crippen LogP contribution in [0.25, 0.3) is 0 Å². The van der Waals surface area contributed by atoms with Gasteiger partial charge in [0.15, 0.2) is 0 Å². The molecule has 0 bridgehead atoms. The zero-order valence-corrected chi connectivity index (χ0v) is 9.33. The van der Waals surface area contributed by atoms with E-state index in [-0.39, 0.29) is 17.4 Å². The van der Waals surface area contributed by atoms with Crippen molar-refractivity contribution >= 4 is 0 Å². The summed E-state index contributed by atoms with van der Waals surface area (Å²) in [5.41, 5.74) is 2.44. The van der Waals surface area contributed by atoms with E-state index in [0.717, 1.165) is 12.1 Å². The maximum absolute atomic E-state index is 9.54. The van der Waals surface area contributed by atoms with Gasteiger partial charge in [-0.05, 0) is 18.8 Å². The summed E-state index contributed by atoms with van der Waals surface area (Å²) in [5.74, 6) is 0. The molecule has 1 aromatic rings. The van der Waals surface area contributed by atoms with Crippen LogP contribution < -0.4 is 0 Å². The predicted octanol–water partition coefficient (Wildman–Crippen LogP) is 1.39. The second-order valence-corrected chi connectivity index (χ2v) is 5.10. The maximum Gasteiger partial charge on any atom is 0.0632 e. The van der Waals surface area contributed by atoms with E-state index in [1.807, 2.05) is 24.9 Å². The molecule has 1 saturated carbocycles. The van der Waals surface area contributed by atoms with Crippen LogP contribution in [0, 0.1) is 12.3 Å². The van der Waals surface area contributed by atoms with E-state index in [2.05, 4.69) is 18.9 Å². The Morgan fingerprint density at radius 1 is 1.57 bits per heavy atom. The molecule has 1 unspecified atom stereocenters. The largest absolute Gasteiger partial charge is 0.395 e. The Labute approximate surface area is 84.7 Å². The van der Waals surface area contributed by atoms with Gasteiger partial charge in [-0.3, -0.25) is 4.68 Å². The lowest BCUT2D eigenvalue weighted by atomic mass is 9.89. The van der Waals surface area contributed by atoms with Gasteiger partial charge in [0.05, 0.1) is 12.3 Å². The molecule has 1 fully saturated rings. The van der Waals surface area contributed by atoms with Crippen LogP contribution in [0.1, 0.15) is 31.5 Å². The summed E-state index contributed by atoms with van der Waals surface area (Å²) in [6.45, 7) is 6.65. The van der Waals surface area contributed by atoms with Gasteiger partial charge >= 0.3 is 0 Å². The van der Waals surface area contributed by atoms with E-state index < -0.39 is 0 Å². The van der Waals surface area contributed by atoms with E-state index in [1.165, 1.54) is 5.56 Å². The van der Waals surface area contributed by atoms with Crippen molar-refractivity contribution in [3.05, 3.63) is 17.5 Å². The van der Waals surface area contributed by atoms with Gasteiger partial charge in [-0.15, -0.1) is 0 Å². The van der Waals surface area contributed by atoms with E-state index >= 15 is 0 Å². The van der Waals surface area contributed by atoms with Crippen molar-refractivity contribution in [1.82, 2.24) is 9.78 Å². The van der Waals surface area contributed by atoms with Crippen molar-refractivity contribution in [3.63, 3.8) is 0 Å². The van der Waals surface area contributed by atoms with Gasteiger partial charge in [0.25, 0.3) is 0 Å². The molecule has 1 N–H and O–H groups in total. The lowest BCUT2D eigenvalue weighted by molar-refractivity contribution is 0.231. The summed E-state index contributed by atoms with van der Waals surface area (Å²) in [5, 5.41) is 13.9. The number of nitrogens with zero attached hydrogens (tertiary/aromatic N) is 2. The van der Waals surface area contributed by atoms with E-state index in [9.17, 15) is 5.11 Å². The molecule has 0 spiro atoms. The number of aliphatic hydroxyl groups excluding tert-OH is 1. The fourth-order valence-corrected chi connectivity index (χ4v) is 2.59. The highest BCUT2D eigenvalue weighted by molar-refractivity contribution is 5.38. The third kappa shape index (κ3) is 1.05. The SMILES string of the molecule is Cc1nn(C)cc1C1(CO)CC1(C)C. The van der Waals surface area contributed by atoms with Crippen LogP contribution in [0.4, 0.5) is 0 Å². The second-order valence-electron chi connectivity index (χ2n) is 5.10. The summed E-state index contributed by atoms with van der Waals surface area (Å²) in [4.78, 5) is 0. The molecule has 1 aliphatic rings. The van der Waals surface area contributed by atoms with E-state index in [0.29, 0.717) is 0 Å². The van der Waals surface area contributed by atoms with Gasteiger partial charge in [0, 0.05) is 24.2 Å². The number of hydrogen-bond donors (Lipinski definition) is 1. The molecule has 0 aromatic carbocycles. The molecule has 3 nitrogen and oxygen atoms in total. The molecule has 0 radical (unpaired) electrons. The summed E-state index contributed by atoms with van der Waals surface area (Å²) < 4.78 is 1.83. The number of aryl methyl sites for hydroxylation is 2. The van der Waals surface area contributed by atoms with Gasteiger partial charge < -0.3 is 5.11 Å². The van der Waals surface area contributed by atoms with Crippen LogP contribution in [0.3, 0.4) is 0 Å². The average molecular weight is 194 g/mol. The Morgan fingerprint density at radius 2 is 2.14 bits per heavy atom. The van der Waals surface area contributed by atoms with E-state index in [4.69, 9.17) is 0 Å². The fraction of sp³-hybridized carbons (Fsp3) is 0.727.